The Hall–Kier alpha value is -1.48. The van der Waals surface area contributed by atoms with E-state index in [-0.39, 0.29) is 11.6 Å². The number of non-ortho nitro benzene ring substituents is 1. The second-order valence-electron chi connectivity index (χ2n) is 3.75. The van der Waals surface area contributed by atoms with Gasteiger partial charge in [0.25, 0.3) is 11.6 Å². The summed E-state index contributed by atoms with van der Waals surface area (Å²) in [5.74, 6) is -0.141. The highest BCUT2D eigenvalue weighted by atomic mass is 127. The minimum absolute atomic E-state index is 0.0439. The van der Waals surface area contributed by atoms with E-state index in [2.05, 4.69) is 27.9 Å². The zero-order valence-corrected chi connectivity index (χ0v) is 12.6. The van der Waals surface area contributed by atoms with Gasteiger partial charge in [0, 0.05) is 24.1 Å². The first kappa shape index (κ1) is 13.9. The van der Waals surface area contributed by atoms with Crippen LogP contribution in [0.2, 0.25) is 0 Å². The van der Waals surface area contributed by atoms with Crippen molar-refractivity contribution in [2.45, 2.75) is 6.54 Å². The van der Waals surface area contributed by atoms with Gasteiger partial charge in [-0.2, -0.15) is 0 Å². The van der Waals surface area contributed by atoms with Crippen molar-refractivity contribution in [3.05, 3.63) is 59.8 Å². The zero-order chi connectivity index (χ0) is 13.8. The Morgan fingerprint density at radius 1 is 1.37 bits per heavy atom. The van der Waals surface area contributed by atoms with Crippen molar-refractivity contribution in [2.24, 2.45) is 0 Å². The van der Waals surface area contributed by atoms with Gasteiger partial charge in [0.05, 0.1) is 13.4 Å². The average Bonchev–Trinajstić information content (AvgIpc) is 2.83. The molecule has 1 N–H and O–H groups in total. The monoisotopic (exact) mass is 388 g/mol. The third-order valence-electron chi connectivity index (χ3n) is 2.43. The van der Waals surface area contributed by atoms with Crippen molar-refractivity contribution in [1.29, 1.82) is 0 Å². The van der Waals surface area contributed by atoms with Crippen LogP contribution in [0.5, 0.6) is 0 Å². The van der Waals surface area contributed by atoms with Gasteiger partial charge in [-0.05, 0) is 34.2 Å². The number of thiophene rings is 1. The lowest BCUT2D eigenvalue weighted by atomic mass is 10.2. The molecule has 2 aromatic rings. The Balaban J connectivity index is 1.95. The van der Waals surface area contributed by atoms with Gasteiger partial charge in [-0.3, -0.25) is 14.9 Å². The molecule has 1 aromatic carbocycles. The predicted octanol–water partition coefficient (Wildman–Crippen LogP) is 3.19. The van der Waals surface area contributed by atoms with Gasteiger partial charge in [-0.25, -0.2) is 0 Å². The smallest absolute Gasteiger partial charge is 0.269 e. The second kappa shape index (κ2) is 6.11. The van der Waals surface area contributed by atoms with E-state index in [1.807, 2.05) is 6.07 Å². The molecule has 0 saturated carbocycles. The number of hydrogen-bond donors (Lipinski definition) is 1. The number of amides is 1. The van der Waals surface area contributed by atoms with Gasteiger partial charge in [0.2, 0.25) is 0 Å². The molecule has 0 aliphatic carbocycles. The molecule has 19 heavy (non-hydrogen) atoms. The molecule has 0 radical (unpaired) electrons. The van der Waals surface area contributed by atoms with Crippen molar-refractivity contribution in [1.82, 2.24) is 5.32 Å². The lowest BCUT2D eigenvalue weighted by Crippen LogP contribution is -2.22. The standard InChI is InChI=1S/C12H9IN2O3S/c13-11-5-9(7-19-11)12(16)14-6-8-1-3-10(4-2-8)15(17)18/h1-5,7H,6H2,(H,14,16). The van der Waals surface area contributed by atoms with Crippen LogP contribution < -0.4 is 5.32 Å². The molecule has 7 heteroatoms. The first-order valence-electron chi connectivity index (χ1n) is 5.32. The van der Waals surface area contributed by atoms with Crippen LogP contribution >= 0.6 is 33.9 Å². The molecule has 0 unspecified atom stereocenters. The van der Waals surface area contributed by atoms with Crippen molar-refractivity contribution in [3.63, 3.8) is 0 Å². The lowest BCUT2D eigenvalue weighted by Gasteiger charge is -2.03. The molecule has 1 amide bonds. The molecular formula is C12H9IN2O3S. The molecular weight excluding hydrogens is 379 g/mol. The van der Waals surface area contributed by atoms with E-state index >= 15 is 0 Å². The Morgan fingerprint density at radius 3 is 2.58 bits per heavy atom. The summed E-state index contributed by atoms with van der Waals surface area (Å²) in [5.41, 5.74) is 1.50. The van der Waals surface area contributed by atoms with Crippen molar-refractivity contribution in [3.8, 4) is 0 Å². The predicted molar refractivity (Wildman–Crippen MR) is 81.3 cm³/mol. The van der Waals surface area contributed by atoms with E-state index in [4.69, 9.17) is 0 Å². The molecule has 0 spiro atoms. The number of carbonyl (C=O) groups is 1. The van der Waals surface area contributed by atoms with Gasteiger partial charge >= 0.3 is 0 Å². The highest BCUT2D eigenvalue weighted by molar-refractivity contribution is 14.1. The lowest BCUT2D eigenvalue weighted by molar-refractivity contribution is -0.384. The van der Waals surface area contributed by atoms with E-state index in [0.717, 1.165) is 8.45 Å². The molecule has 0 atom stereocenters. The molecule has 1 aromatic heterocycles. The number of nitrogens with zero attached hydrogens (tertiary/aromatic N) is 1. The SMILES string of the molecule is O=C(NCc1ccc([N+](=O)[O-])cc1)c1csc(I)c1. The fraction of sp³-hybridized carbons (Fsp3) is 0.0833. The maximum absolute atomic E-state index is 11.8. The molecule has 0 aliphatic heterocycles. The number of rotatable bonds is 4. The van der Waals surface area contributed by atoms with Crippen LogP contribution in [0, 0.1) is 13.0 Å². The maximum Gasteiger partial charge on any atom is 0.269 e. The van der Waals surface area contributed by atoms with Gasteiger partial charge in [0.15, 0.2) is 0 Å². The summed E-state index contributed by atoms with van der Waals surface area (Å²) >= 11 is 3.67. The van der Waals surface area contributed by atoms with Crippen LogP contribution in [0.1, 0.15) is 15.9 Å². The normalized spacial score (nSPS) is 10.2. The Labute approximate surface area is 126 Å². The third-order valence-corrected chi connectivity index (χ3v) is 4.22. The molecule has 5 nitrogen and oxygen atoms in total. The molecule has 0 bridgehead atoms. The number of nitro groups is 1. The topological polar surface area (TPSA) is 72.2 Å². The Bertz CT molecular complexity index is 610. The zero-order valence-electron chi connectivity index (χ0n) is 9.63. The van der Waals surface area contributed by atoms with Crippen LogP contribution in [0.4, 0.5) is 5.69 Å². The molecule has 2 rings (SSSR count). The first-order valence-corrected chi connectivity index (χ1v) is 7.27. The number of benzene rings is 1. The van der Waals surface area contributed by atoms with Crippen molar-refractivity contribution in [2.75, 3.05) is 0 Å². The largest absolute Gasteiger partial charge is 0.348 e. The van der Waals surface area contributed by atoms with Crippen molar-refractivity contribution >= 4 is 45.5 Å². The highest BCUT2D eigenvalue weighted by Crippen LogP contribution is 2.16. The Morgan fingerprint density at radius 2 is 2.05 bits per heavy atom. The number of nitro benzene ring substituents is 1. The first-order chi connectivity index (χ1) is 9.06. The fourth-order valence-corrected chi connectivity index (χ4v) is 2.78. The summed E-state index contributed by atoms with van der Waals surface area (Å²) in [7, 11) is 0. The van der Waals surface area contributed by atoms with Crippen molar-refractivity contribution < 1.29 is 9.72 Å². The quantitative estimate of drug-likeness (QED) is 0.497. The van der Waals surface area contributed by atoms with E-state index in [1.54, 1.807) is 17.5 Å². The van der Waals surface area contributed by atoms with E-state index in [0.29, 0.717) is 12.1 Å². The Kier molecular flexibility index (Phi) is 4.48. The van der Waals surface area contributed by atoms with E-state index < -0.39 is 4.92 Å². The molecule has 0 saturated heterocycles. The summed E-state index contributed by atoms with van der Waals surface area (Å²) in [4.78, 5) is 21.8. The minimum Gasteiger partial charge on any atom is -0.348 e. The summed E-state index contributed by atoms with van der Waals surface area (Å²) in [6.45, 7) is 0.350. The summed E-state index contributed by atoms with van der Waals surface area (Å²) in [6, 6.07) is 7.94. The van der Waals surface area contributed by atoms with Gasteiger partial charge in [-0.15, -0.1) is 11.3 Å². The van der Waals surface area contributed by atoms with Gasteiger partial charge in [0.1, 0.15) is 0 Å². The third kappa shape index (κ3) is 3.74. The molecule has 98 valence electrons. The van der Waals surface area contributed by atoms with E-state index in [9.17, 15) is 14.9 Å². The second-order valence-corrected chi connectivity index (χ2v) is 6.55. The molecule has 1 heterocycles. The summed E-state index contributed by atoms with van der Waals surface area (Å²) in [5, 5.41) is 15.1. The van der Waals surface area contributed by atoms with Gasteiger partial charge < -0.3 is 5.32 Å². The van der Waals surface area contributed by atoms with Crippen LogP contribution in [0.15, 0.2) is 35.7 Å². The van der Waals surface area contributed by atoms with E-state index in [1.165, 1.54) is 23.5 Å². The average molecular weight is 388 g/mol. The van der Waals surface area contributed by atoms with Crippen LogP contribution in [-0.4, -0.2) is 10.8 Å². The molecule has 0 aliphatic rings. The van der Waals surface area contributed by atoms with Crippen LogP contribution in [-0.2, 0) is 6.54 Å². The summed E-state index contributed by atoms with van der Waals surface area (Å²) < 4.78 is 1.05. The minimum atomic E-state index is -0.449. The fourth-order valence-electron chi connectivity index (χ4n) is 1.45. The summed E-state index contributed by atoms with van der Waals surface area (Å²) in [6.07, 6.45) is 0. The number of halogens is 1. The maximum atomic E-state index is 11.8. The highest BCUT2D eigenvalue weighted by Gasteiger charge is 2.08. The number of nitrogens with one attached hydrogen (secondary N) is 1. The number of hydrogen-bond acceptors (Lipinski definition) is 4. The van der Waals surface area contributed by atoms with Crippen LogP contribution in [0.3, 0.4) is 0 Å². The van der Waals surface area contributed by atoms with Gasteiger partial charge in [-0.1, -0.05) is 12.1 Å². The number of carbonyl (C=O) groups excluding carboxylic acids is 1. The molecule has 0 fully saturated rings. The van der Waals surface area contributed by atoms with Crippen LogP contribution in [0.25, 0.3) is 0 Å².